The van der Waals surface area contributed by atoms with E-state index in [1.807, 2.05) is 19.3 Å². The maximum atomic E-state index is 13.6. The lowest BCUT2D eigenvalue weighted by Crippen LogP contribution is -2.40. The van der Waals surface area contributed by atoms with Gasteiger partial charge in [-0.2, -0.15) is 4.31 Å². The summed E-state index contributed by atoms with van der Waals surface area (Å²) >= 11 is 0. The van der Waals surface area contributed by atoms with Crippen molar-refractivity contribution in [1.29, 1.82) is 0 Å². The maximum Gasteiger partial charge on any atom is 0.243 e. The normalized spacial score (nSPS) is 21.4. The molecule has 146 valence electrons. The van der Waals surface area contributed by atoms with E-state index in [4.69, 9.17) is 0 Å². The summed E-state index contributed by atoms with van der Waals surface area (Å²) in [5.74, 6) is 0.235. The number of H-pyrrole nitrogens is 1. The van der Waals surface area contributed by atoms with Gasteiger partial charge in [-0.25, -0.2) is 22.8 Å². The zero-order valence-electron chi connectivity index (χ0n) is 15.3. The Morgan fingerprint density at radius 3 is 2.86 bits per heavy atom. The van der Waals surface area contributed by atoms with Crippen molar-refractivity contribution < 1.29 is 12.8 Å². The second-order valence-corrected chi connectivity index (χ2v) is 9.62. The Morgan fingerprint density at radius 1 is 1.29 bits per heavy atom. The van der Waals surface area contributed by atoms with Gasteiger partial charge in [0, 0.05) is 31.7 Å². The average Bonchev–Trinajstić information content (AvgIpc) is 3.12. The maximum absolute atomic E-state index is 13.6. The third kappa shape index (κ3) is 2.61. The van der Waals surface area contributed by atoms with Crippen LogP contribution in [0.1, 0.15) is 12.8 Å². The van der Waals surface area contributed by atoms with Crippen molar-refractivity contribution in [3.63, 3.8) is 0 Å². The van der Waals surface area contributed by atoms with Gasteiger partial charge in [-0.3, -0.25) is 0 Å². The van der Waals surface area contributed by atoms with E-state index < -0.39 is 15.8 Å². The number of rotatable bonds is 4. The fourth-order valence-corrected chi connectivity index (χ4v) is 5.91. The van der Waals surface area contributed by atoms with E-state index in [1.54, 1.807) is 0 Å². The molecule has 7 nitrogen and oxygen atoms in total. The highest BCUT2D eigenvalue weighted by Crippen LogP contribution is 2.55. The number of sulfonamides is 1. The van der Waals surface area contributed by atoms with Crippen LogP contribution in [0.2, 0.25) is 0 Å². The Hall–Kier alpha value is -2.52. The van der Waals surface area contributed by atoms with Crippen LogP contribution in [0.5, 0.6) is 0 Å². The summed E-state index contributed by atoms with van der Waals surface area (Å²) in [6.07, 6.45) is 5.27. The number of nitrogens with zero attached hydrogens (tertiary/aromatic N) is 4. The summed E-state index contributed by atoms with van der Waals surface area (Å²) in [5.41, 5.74) is 0.673. The predicted octanol–water partition coefficient (Wildman–Crippen LogP) is 2.39. The minimum atomic E-state index is -3.74. The van der Waals surface area contributed by atoms with E-state index >= 15 is 0 Å². The van der Waals surface area contributed by atoms with Crippen LogP contribution in [-0.2, 0) is 10.0 Å². The number of nitrogens with one attached hydrogen (secondary N) is 1. The van der Waals surface area contributed by atoms with Gasteiger partial charge < -0.3 is 9.88 Å². The number of aromatic nitrogens is 3. The fraction of sp³-hybridized carbons (Fsp3) is 0.368. The van der Waals surface area contributed by atoms with Gasteiger partial charge in [-0.1, -0.05) is 6.07 Å². The third-order valence-electron chi connectivity index (χ3n) is 6.04. The standard InChI is InChI=1S/C19H20FN5O2S/c1-24(18-15-5-8-21-17(15)22-12-23-18)16-10-25(11-19(16)6-7-19)28(26,27)14-4-2-3-13(20)9-14/h2-5,8-9,12,16H,6-7,10-11H2,1H3,(H,21,22,23)/t16-/m0/s1. The largest absolute Gasteiger partial charge is 0.354 e. The zero-order valence-corrected chi connectivity index (χ0v) is 16.2. The van der Waals surface area contributed by atoms with E-state index in [1.165, 1.54) is 28.8 Å². The predicted molar refractivity (Wildman–Crippen MR) is 103 cm³/mol. The topological polar surface area (TPSA) is 82.2 Å². The average molecular weight is 401 g/mol. The fourth-order valence-electron chi connectivity index (χ4n) is 4.34. The summed E-state index contributed by atoms with van der Waals surface area (Å²) in [6, 6.07) is 7.14. The Bertz CT molecular complexity index is 1160. The van der Waals surface area contributed by atoms with Crippen LogP contribution >= 0.6 is 0 Å². The van der Waals surface area contributed by atoms with Crippen molar-refractivity contribution >= 4 is 26.9 Å². The molecular formula is C19H20FN5O2S. The molecular weight excluding hydrogens is 381 g/mol. The molecule has 1 atom stereocenters. The highest BCUT2D eigenvalue weighted by Gasteiger charge is 2.59. The molecule has 0 unspecified atom stereocenters. The minimum absolute atomic E-state index is 0.00154. The molecule has 3 aromatic rings. The number of hydrogen-bond acceptors (Lipinski definition) is 5. The van der Waals surface area contributed by atoms with Crippen LogP contribution in [0.25, 0.3) is 11.0 Å². The molecule has 1 saturated carbocycles. The quantitative estimate of drug-likeness (QED) is 0.726. The van der Waals surface area contributed by atoms with Gasteiger partial charge in [0.1, 0.15) is 23.6 Å². The van der Waals surface area contributed by atoms with Crippen molar-refractivity contribution in [2.24, 2.45) is 5.41 Å². The summed E-state index contributed by atoms with van der Waals surface area (Å²) < 4.78 is 41.3. The molecule has 1 spiro atoms. The Kier molecular flexibility index (Phi) is 3.76. The van der Waals surface area contributed by atoms with Crippen LogP contribution in [0.4, 0.5) is 10.2 Å². The zero-order chi connectivity index (χ0) is 19.5. The Labute approximate surface area is 162 Å². The van der Waals surface area contributed by atoms with Gasteiger partial charge in [0.25, 0.3) is 0 Å². The van der Waals surface area contributed by atoms with E-state index in [9.17, 15) is 12.8 Å². The molecule has 0 bridgehead atoms. The smallest absolute Gasteiger partial charge is 0.243 e. The number of hydrogen-bond donors (Lipinski definition) is 1. The van der Waals surface area contributed by atoms with E-state index in [0.29, 0.717) is 13.1 Å². The molecule has 3 heterocycles. The van der Waals surface area contributed by atoms with Gasteiger partial charge in [-0.05, 0) is 37.1 Å². The first-order chi connectivity index (χ1) is 13.4. The van der Waals surface area contributed by atoms with E-state index in [0.717, 1.165) is 35.8 Å². The number of aromatic amines is 1. The lowest BCUT2D eigenvalue weighted by atomic mass is 9.99. The molecule has 1 N–H and O–H groups in total. The molecule has 2 fully saturated rings. The first-order valence-electron chi connectivity index (χ1n) is 9.17. The summed E-state index contributed by atoms with van der Waals surface area (Å²) in [6.45, 7) is 0.799. The van der Waals surface area contributed by atoms with Crippen LogP contribution in [0.3, 0.4) is 0 Å². The molecule has 1 aromatic carbocycles. The number of fused-ring (bicyclic) bond motifs is 1. The number of anilines is 1. The molecule has 0 radical (unpaired) electrons. The summed E-state index contributed by atoms with van der Waals surface area (Å²) in [5, 5.41) is 0.909. The van der Waals surface area contributed by atoms with Crippen molar-refractivity contribution in [2.45, 2.75) is 23.8 Å². The first-order valence-corrected chi connectivity index (χ1v) is 10.6. The summed E-state index contributed by atoms with van der Waals surface area (Å²) in [4.78, 5) is 13.8. The molecule has 2 aromatic heterocycles. The second kappa shape index (κ2) is 5.99. The lowest BCUT2D eigenvalue weighted by molar-refractivity contribution is 0.445. The van der Waals surface area contributed by atoms with E-state index in [2.05, 4.69) is 19.9 Å². The molecule has 1 aliphatic heterocycles. The molecule has 0 amide bonds. The Balaban J connectivity index is 1.48. The lowest BCUT2D eigenvalue weighted by Gasteiger charge is -2.30. The SMILES string of the molecule is CN(c1ncnc2[nH]ccc12)[C@H]1CN(S(=O)(=O)c2cccc(F)c2)CC12CC2. The van der Waals surface area contributed by atoms with Crippen molar-refractivity contribution in [2.75, 3.05) is 25.0 Å². The molecule has 9 heteroatoms. The molecule has 28 heavy (non-hydrogen) atoms. The highest BCUT2D eigenvalue weighted by atomic mass is 32.2. The van der Waals surface area contributed by atoms with Crippen molar-refractivity contribution in [1.82, 2.24) is 19.3 Å². The van der Waals surface area contributed by atoms with Crippen molar-refractivity contribution in [3.8, 4) is 0 Å². The number of halogens is 1. The first kappa shape index (κ1) is 17.6. The molecule has 2 aliphatic rings. The van der Waals surface area contributed by atoms with Gasteiger partial charge in [0.15, 0.2) is 0 Å². The van der Waals surface area contributed by atoms with Gasteiger partial charge >= 0.3 is 0 Å². The van der Waals surface area contributed by atoms with E-state index in [-0.39, 0.29) is 16.4 Å². The molecule has 5 rings (SSSR count). The molecule has 1 saturated heterocycles. The minimum Gasteiger partial charge on any atom is -0.354 e. The van der Waals surface area contributed by atoms with Crippen LogP contribution in [0.15, 0.2) is 47.8 Å². The number of benzene rings is 1. The van der Waals surface area contributed by atoms with Gasteiger partial charge in [0.05, 0.1) is 16.3 Å². The Morgan fingerprint density at radius 2 is 2.11 bits per heavy atom. The van der Waals surface area contributed by atoms with Gasteiger partial charge in [-0.15, -0.1) is 0 Å². The third-order valence-corrected chi connectivity index (χ3v) is 7.84. The summed E-state index contributed by atoms with van der Waals surface area (Å²) in [7, 11) is -1.79. The van der Waals surface area contributed by atoms with Gasteiger partial charge in [0.2, 0.25) is 10.0 Å². The van der Waals surface area contributed by atoms with Crippen molar-refractivity contribution in [3.05, 3.63) is 48.7 Å². The van der Waals surface area contributed by atoms with Crippen LogP contribution in [0, 0.1) is 11.2 Å². The monoisotopic (exact) mass is 401 g/mol. The van der Waals surface area contributed by atoms with Crippen LogP contribution < -0.4 is 4.90 Å². The highest BCUT2D eigenvalue weighted by molar-refractivity contribution is 7.89. The number of likely N-dealkylation sites (N-methyl/N-ethyl adjacent to an activating group) is 1. The second-order valence-electron chi connectivity index (χ2n) is 7.68. The van der Waals surface area contributed by atoms with Crippen LogP contribution in [-0.4, -0.2) is 53.9 Å². The molecule has 1 aliphatic carbocycles.